The summed E-state index contributed by atoms with van der Waals surface area (Å²) in [5.41, 5.74) is -0.281. The molecule has 0 atom stereocenters. The Hall–Kier alpha value is -3.48. The second kappa shape index (κ2) is 5.96. The smallest absolute Gasteiger partial charge is 0.341 e. The van der Waals surface area contributed by atoms with Crippen molar-refractivity contribution in [3.05, 3.63) is 52.7 Å². The normalized spacial score (nSPS) is 10.7. The fourth-order valence-corrected chi connectivity index (χ4v) is 2.30. The van der Waals surface area contributed by atoms with Gasteiger partial charge in [0.2, 0.25) is 11.2 Å². The lowest BCUT2D eigenvalue weighted by atomic mass is 10.1. The van der Waals surface area contributed by atoms with Gasteiger partial charge in [-0.2, -0.15) is 0 Å². The molecule has 0 saturated carbocycles. The van der Waals surface area contributed by atoms with Gasteiger partial charge in [-0.25, -0.2) is 4.79 Å². The summed E-state index contributed by atoms with van der Waals surface area (Å²) >= 11 is 0. The number of phenolic OH excluding ortho intramolecular Hbond substituents is 1. The summed E-state index contributed by atoms with van der Waals surface area (Å²) in [6, 6.07) is 11.1. The number of hydrogen-bond acceptors (Lipinski definition) is 6. The molecule has 0 bridgehead atoms. The van der Waals surface area contributed by atoms with Gasteiger partial charge in [-0.1, -0.05) is 30.3 Å². The lowest BCUT2D eigenvalue weighted by molar-refractivity contribution is -0.139. The molecule has 3 aromatic rings. The van der Waals surface area contributed by atoms with E-state index in [1.165, 1.54) is 12.1 Å². The summed E-state index contributed by atoms with van der Waals surface area (Å²) in [4.78, 5) is 23.1. The number of aromatic hydroxyl groups is 2. The van der Waals surface area contributed by atoms with Crippen LogP contribution in [-0.2, 0) is 4.79 Å². The average molecular weight is 328 g/mol. The number of carbonyl (C=O) groups is 1. The van der Waals surface area contributed by atoms with Gasteiger partial charge in [0.15, 0.2) is 23.9 Å². The molecule has 0 aliphatic rings. The third-order valence-electron chi connectivity index (χ3n) is 3.34. The zero-order valence-corrected chi connectivity index (χ0v) is 12.2. The van der Waals surface area contributed by atoms with E-state index in [0.29, 0.717) is 5.56 Å². The van der Waals surface area contributed by atoms with Crippen molar-refractivity contribution in [2.75, 3.05) is 6.61 Å². The maximum absolute atomic E-state index is 12.5. The zero-order valence-electron chi connectivity index (χ0n) is 12.2. The van der Waals surface area contributed by atoms with Gasteiger partial charge in [0.05, 0.1) is 0 Å². The topological polar surface area (TPSA) is 117 Å². The molecule has 0 aliphatic heterocycles. The van der Waals surface area contributed by atoms with Crippen LogP contribution in [0.2, 0.25) is 0 Å². The van der Waals surface area contributed by atoms with Gasteiger partial charge < -0.3 is 24.5 Å². The Kier molecular flexibility index (Phi) is 3.83. The number of aliphatic carboxylic acids is 1. The molecule has 2 aromatic carbocycles. The third kappa shape index (κ3) is 2.63. The van der Waals surface area contributed by atoms with E-state index in [1.807, 2.05) is 0 Å². The molecule has 3 N–H and O–H groups in total. The van der Waals surface area contributed by atoms with Crippen LogP contribution in [0.4, 0.5) is 0 Å². The highest BCUT2D eigenvalue weighted by molar-refractivity contribution is 5.89. The molecule has 3 rings (SSSR count). The number of fused-ring (bicyclic) bond motifs is 1. The van der Waals surface area contributed by atoms with Crippen LogP contribution in [0.25, 0.3) is 22.3 Å². The Morgan fingerprint density at radius 3 is 2.46 bits per heavy atom. The number of carboxylic acids is 1. The minimum atomic E-state index is -1.28. The quantitative estimate of drug-likeness (QED) is 0.673. The van der Waals surface area contributed by atoms with E-state index in [9.17, 15) is 19.8 Å². The van der Waals surface area contributed by atoms with Crippen LogP contribution in [0, 0.1) is 0 Å². The van der Waals surface area contributed by atoms with E-state index in [1.54, 1.807) is 30.3 Å². The van der Waals surface area contributed by atoms with Crippen LogP contribution in [0.15, 0.2) is 51.7 Å². The Morgan fingerprint density at radius 1 is 1.08 bits per heavy atom. The molecule has 24 heavy (non-hydrogen) atoms. The van der Waals surface area contributed by atoms with Crippen LogP contribution in [0.1, 0.15) is 0 Å². The fourth-order valence-electron chi connectivity index (χ4n) is 2.30. The highest BCUT2D eigenvalue weighted by Crippen LogP contribution is 2.37. The van der Waals surface area contributed by atoms with Crippen LogP contribution in [0.3, 0.4) is 0 Å². The van der Waals surface area contributed by atoms with Gasteiger partial charge in [-0.15, -0.1) is 0 Å². The van der Waals surface area contributed by atoms with Crippen LogP contribution < -0.4 is 10.2 Å². The molecule has 7 nitrogen and oxygen atoms in total. The summed E-state index contributed by atoms with van der Waals surface area (Å²) in [6.07, 6.45) is 0. The van der Waals surface area contributed by atoms with Gasteiger partial charge in [-0.3, -0.25) is 4.79 Å². The van der Waals surface area contributed by atoms with E-state index < -0.39 is 29.5 Å². The average Bonchev–Trinajstić information content (AvgIpc) is 2.58. The summed E-state index contributed by atoms with van der Waals surface area (Å²) in [5, 5.41) is 28.5. The third-order valence-corrected chi connectivity index (χ3v) is 3.34. The van der Waals surface area contributed by atoms with E-state index in [2.05, 4.69) is 0 Å². The first kappa shape index (κ1) is 15.4. The largest absolute Gasteiger partial charge is 0.504 e. The van der Waals surface area contributed by atoms with Gasteiger partial charge >= 0.3 is 5.97 Å². The lowest BCUT2D eigenvalue weighted by Crippen LogP contribution is -2.12. The van der Waals surface area contributed by atoms with Crippen molar-refractivity contribution in [2.24, 2.45) is 0 Å². The molecular formula is C17H12O7. The van der Waals surface area contributed by atoms with Gasteiger partial charge in [0.1, 0.15) is 11.0 Å². The molecule has 0 fully saturated rings. The SMILES string of the molecule is O=C(O)COc1c(O)ccc2oc(-c3ccccc3)c(O)c(=O)c12. The summed E-state index contributed by atoms with van der Waals surface area (Å²) in [7, 11) is 0. The Morgan fingerprint density at radius 2 is 1.79 bits per heavy atom. The predicted octanol–water partition coefficient (Wildman–Crippen LogP) is 2.33. The number of ether oxygens (including phenoxy) is 1. The molecule has 0 spiro atoms. The van der Waals surface area contributed by atoms with Gasteiger partial charge in [-0.05, 0) is 12.1 Å². The molecule has 0 amide bonds. The maximum Gasteiger partial charge on any atom is 0.341 e. The molecule has 122 valence electrons. The van der Waals surface area contributed by atoms with Crippen molar-refractivity contribution in [3.8, 4) is 28.6 Å². The number of carboxylic acid groups (broad SMARTS) is 1. The van der Waals surface area contributed by atoms with E-state index >= 15 is 0 Å². The molecule has 1 heterocycles. The molecule has 0 radical (unpaired) electrons. The van der Waals surface area contributed by atoms with Crippen molar-refractivity contribution in [1.29, 1.82) is 0 Å². The number of benzene rings is 2. The second-order valence-electron chi connectivity index (χ2n) is 4.94. The Bertz CT molecular complexity index is 974. The zero-order chi connectivity index (χ0) is 17.3. The minimum Gasteiger partial charge on any atom is -0.504 e. The molecule has 0 unspecified atom stereocenters. The standard InChI is InChI=1S/C17H12O7/c18-10-6-7-11-13(17(10)23-8-12(19)20)14(21)15(22)16(24-11)9-4-2-1-3-5-9/h1-7,18,22H,8H2,(H,19,20). The number of rotatable bonds is 4. The minimum absolute atomic E-state index is 0.0250. The van der Waals surface area contributed by atoms with E-state index in [4.69, 9.17) is 14.3 Å². The van der Waals surface area contributed by atoms with Crippen LogP contribution in [0.5, 0.6) is 17.2 Å². The maximum atomic E-state index is 12.5. The van der Waals surface area contributed by atoms with Crippen molar-refractivity contribution in [1.82, 2.24) is 0 Å². The first-order chi connectivity index (χ1) is 11.5. The second-order valence-corrected chi connectivity index (χ2v) is 4.94. The number of phenols is 1. The fraction of sp³-hybridized carbons (Fsp3) is 0.0588. The monoisotopic (exact) mass is 328 g/mol. The van der Waals surface area contributed by atoms with Crippen molar-refractivity contribution < 1.29 is 29.3 Å². The summed E-state index contributed by atoms with van der Waals surface area (Å²) in [6.45, 7) is -0.757. The first-order valence-corrected chi connectivity index (χ1v) is 6.91. The first-order valence-electron chi connectivity index (χ1n) is 6.91. The predicted molar refractivity (Wildman–Crippen MR) is 84.4 cm³/mol. The molecule has 0 saturated heterocycles. The molecular weight excluding hydrogens is 316 g/mol. The molecule has 0 aliphatic carbocycles. The Balaban J connectivity index is 2.26. The van der Waals surface area contributed by atoms with E-state index in [-0.39, 0.29) is 22.5 Å². The highest BCUT2D eigenvalue weighted by Gasteiger charge is 2.21. The number of hydrogen-bond donors (Lipinski definition) is 3. The van der Waals surface area contributed by atoms with Gasteiger partial charge in [0, 0.05) is 5.56 Å². The molecule has 1 aromatic heterocycles. The summed E-state index contributed by atoms with van der Waals surface area (Å²) in [5.74, 6) is -2.73. The van der Waals surface area contributed by atoms with Crippen molar-refractivity contribution >= 4 is 16.9 Å². The lowest BCUT2D eigenvalue weighted by Gasteiger charge is -2.11. The van der Waals surface area contributed by atoms with Gasteiger partial charge in [0.25, 0.3) is 0 Å². The van der Waals surface area contributed by atoms with Crippen molar-refractivity contribution in [2.45, 2.75) is 0 Å². The van der Waals surface area contributed by atoms with Crippen molar-refractivity contribution in [3.63, 3.8) is 0 Å². The molecule has 7 heteroatoms. The van der Waals surface area contributed by atoms with E-state index in [0.717, 1.165) is 0 Å². The Labute approximate surface area is 135 Å². The summed E-state index contributed by atoms with van der Waals surface area (Å²) < 4.78 is 10.5. The van der Waals surface area contributed by atoms with Crippen LogP contribution >= 0.6 is 0 Å². The highest BCUT2D eigenvalue weighted by atomic mass is 16.5. The van der Waals surface area contributed by atoms with Crippen LogP contribution in [-0.4, -0.2) is 27.9 Å².